The predicted octanol–water partition coefficient (Wildman–Crippen LogP) is 3.82. The standard InChI is InChI=1S/C31H42F2N2O6/c1-20(2)26-17-34(21(3)36)18-28(40-4)30(38)27(37)19-41-14-6-5-13-35(29(26)22-9-7-11-24(32)15-22)31(39)23-10-8-12-25(33)16-23/h7-12,15-16,20,26-30,37-38H,5-6,13-14,17-19H2,1-4H3/t26-,27-,28-,29-,30-/m1/s1. The molecule has 1 aliphatic heterocycles. The molecule has 0 aliphatic carbocycles. The van der Waals surface area contributed by atoms with Crippen molar-refractivity contribution in [1.29, 1.82) is 0 Å². The van der Waals surface area contributed by atoms with Crippen LogP contribution in [0.1, 0.15) is 55.6 Å². The van der Waals surface area contributed by atoms with E-state index in [0.717, 1.165) is 0 Å². The number of aliphatic hydroxyl groups is 2. The van der Waals surface area contributed by atoms with Crippen LogP contribution in [-0.2, 0) is 14.3 Å². The molecule has 2 aromatic rings. The Balaban J connectivity index is 2.16. The van der Waals surface area contributed by atoms with Gasteiger partial charge in [-0.05, 0) is 54.7 Å². The normalized spacial score (nSPS) is 25.4. The Morgan fingerprint density at radius 3 is 2.32 bits per heavy atom. The minimum atomic E-state index is -1.31. The Hall–Kier alpha value is -2.92. The maximum Gasteiger partial charge on any atom is 0.254 e. The Labute approximate surface area is 240 Å². The summed E-state index contributed by atoms with van der Waals surface area (Å²) >= 11 is 0. The zero-order chi connectivity index (χ0) is 30.1. The van der Waals surface area contributed by atoms with Crippen LogP contribution in [0.2, 0.25) is 0 Å². The second-order valence-corrected chi connectivity index (χ2v) is 11.0. The van der Waals surface area contributed by atoms with Gasteiger partial charge in [-0.3, -0.25) is 9.59 Å². The first kappa shape index (κ1) is 32.6. The molecule has 0 saturated carbocycles. The van der Waals surface area contributed by atoms with Crippen LogP contribution in [0.4, 0.5) is 8.78 Å². The molecule has 2 N–H and O–H groups in total. The molecule has 2 amide bonds. The van der Waals surface area contributed by atoms with Crippen molar-refractivity contribution < 1.29 is 38.1 Å². The minimum absolute atomic E-state index is 0.0268. The molecule has 1 aliphatic rings. The van der Waals surface area contributed by atoms with E-state index in [1.54, 1.807) is 23.1 Å². The smallest absolute Gasteiger partial charge is 0.254 e. The van der Waals surface area contributed by atoms with Gasteiger partial charge < -0.3 is 29.5 Å². The molecule has 0 aromatic heterocycles. The summed E-state index contributed by atoms with van der Waals surface area (Å²) < 4.78 is 39.9. The first-order valence-electron chi connectivity index (χ1n) is 14.1. The van der Waals surface area contributed by atoms with Crippen LogP contribution in [0.15, 0.2) is 48.5 Å². The highest BCUT2D eigenvalue weighted by Crippen LogP contribution is 2.36. The number of aliphatic hydroxyl groups excluding tert-OH is 2. The molecule has 1 heterocycles. The van der Waals surface area contributed by atoms with E-state index in [-0.39, 0.29) is 56.2 Å². The predicted molar refractivity (Wildman–Crippen MR) is 150 cm³/mol. The van der Waals surface area contributed by atoms with Gasteiger partial charge in [0, 0.05) is 51.8 Å². The number of carbonyl (C=O) groups is 2. The maximum absolute atomic E-state index is 14.6. The van der Waals surface area contributed by atoms with Crippen molar-refractivity contribution in [2.75, 3.05) is 40.0 Å². The zero-order valence-corrected chi connectivity index (χ0v) is 24.2. The molecule has 0 unspecified atom stereocenters. The SMILES string of the molecule is CO[C@@H]1CN(C(C)=O)C[C@H](C(C)C)[C@@H](c2cccc(F)c2)N(C(=O)c2cccc(F)c2)CCCCOC[C@@H](O)[C@H]1O. The van der Waals surface area contributed by atoms with E-state index in [0.29, 0.717) is 18.4 Å². The van der Waals surface area contributed by atoms with Crippen LogP contribution in [0.25, 0.3) is 0 Å². The van der Waals surface area contributed by atoms with Gasteiger partial charge in [0.15, 0.2) is 0 Å². The van der Waals surface area contributed by atoms with E-state index in [2.05, 4.69) is 0 Å². The first-order chi connectivity index (χ1) is 19.5. The summed E-state index contributed by atoms with van der Waals surface area (Å²) in [6.45, 7) is 5.85. The molecular formula is C31H42F2N2O6. The van der Waals surface area contributed by atoms with Crippen LogP contribution in [-0.4, -0.2) is 90.1 Å². The maximum atomic E-state index is 14.6. The summed E-state index contributed by atoms with van der Waals surface area (Å²) in [5.41, 5.74) is 0.716. The first-order valence-corrected chi connectivity index (χ1v) is 14.1. The van der Waals surface area contributed by atoms with E-state index >= 15 is 0 Å². The largest absolute Gasteiger partial charge is 0.388 e. The van der Waals surface area contributed by atoms with Crippen molar-refractivity contribution in [3.05, 3.63) is 71.3 Å². The molecule has 3 rings (SSSR count). The highest BCUT2D eigenvalue weighted by molar-refractivity contribution is 5.94. The molecule has 0 bridgehead atoms. The fraction of sp³-hybridized carbons (Fsp3) is 0.548. The number of hydrogen-bond donors (Lipinski definition) is 2. The summed E-state index contributed by atoms with van der Waals surface area (Å²) in [5.74, 6) is -2.20. The van der Waals surface area contributed by atoms with E-state index < -0.39 is 41.9 Å². The van der Waals surface area contributed by atoms with Crippen molar-refractivity contribution >= 4 is 11.8 Å². The quantitative estimate of drug-likeness (QED) is 0.575. The van der Waals surface area contributed by atoms with Crippen molar-refractivity contribution in [3.63, 3.8) is 0 Å². The van der Waals surface area contributed by atoms with E-state index in [4.69, 9.17) is 9.47 Å². The molecule has 1 fully saturated rings. The van der Waals surface area contributed by atoms with Crippen LogP contribution < -0.4 is 0 Å². The average Bonchev–Trinajstić information content (AvgIpc) is 2.93. The highest BCUT2D eigenvalue weighted by Gasteiger charge is 2.38. The summed E-state index contributed by atoms with van der Waals surface area (Å²) in [7, 11) is 1.39. The van der Waals surface area contributed by atoms with Gasteiger partial charge in [0.25, 0.3) is 5.91 Å². The van der Waals surface area contributed by atoms with Crippen molar-refractivity contribution in [2.24, 2.45) is 11.8 Å². The number of nitrogens with zero attached hydrogens (tertiary/aromatic N) is 2. The fourth-order valence-electron chi connectivity index (χ4n) is 5.34. The molecule has 0 spiro atoms. The second-order valence-electron chi connectivity index (χ2n) is 11.0. The summed E-state index contributed by atoms with van der Waals surface area (Å²) in [5, 5.41) is 21.3. The molecule has 5 atom stereocenters. The molecule has 2 aromatic carbocycles. The zero-order valence-electron chi connectivity index (χ0n) is 24.2. The third kappa shape index (κ3) is 8.78. The molecule has 1 saturated heterocycles. The number of amides is 2. The average molecular weight is 577 g/mol. The lowest BCUT2D eigenvalue weighted by Gasteiger charge is -2.42. The monoisotopic (exact) mass is 576 g/mol. The van der Waals surface area contributed by atoms with Gasteiger partial charge in [0.1, 0.15) is 29.9 Å². The van der Waals surface area contributed by atoms with Gasteiger partial charge in [-0.1, -0.05) is 32.0 Å². The summed E-state index contributed by atoms with van der Waals surface area (Å²) in [6.07, 6.45) is -2.41. The molecular weight excluding hydrogens is 534 g/mol. The lowest BCUT2D eigenvalue weighted by atomic mass is 9.82. The van der Waals surface area contributed by atoms with E-state index in [1.165, 1.54) is 49.3 Å². The number of ether oxygens (including phenoxy) is 2. The van der Waals surface area contributed by atoms with Crippen molar-refractivity contribution in [3.8, 4) is 0 Å². The van der Waals surface area contributed by atoms with Gasteiger partial charge in [0.05, 0.1) is 12.6 Å². The van der Waals surface area contributed by atoms with Crippen LogP contribution in [0, 0.1) is 23.5 Å². The number of methoxy groups -OCH3 is 1. The number of benzene rings is 2. The molecule has 0 radical (unpaired) electrons. The van der Waals surface area contributed by atoms with E-state index in [9.17, 15) is 28.6 Å². The number of hydrogen-bond acceptors (Lipinski definition) is 6. The van der Waals surface area contributed by atoms with Gasteiger partial charge in [0.2, 0.25) is 5.91 Å². The van der Waals surface area contributed by atoms with E-state index in [1.807, 2.05) is 13.8 Å². The topological polar surface area (TPSA) is 99.5 Å². The van der Waals surface area contributed by atoms with Crippen molar-refractivity contribution in [2.45, 2.75) is 58.0 Å². The lowest BCUT2D eigenvalue weighted by Crippen LogP contribution is -2.51. The molecule has 8 nitrogen and oxygen atoms in total. The Morgan fingerprint density at radius 1 is 1.02 bits per heavy atom. The fourth-order valence-corrected chi connectivity index (χ4v) is 5.34. The summed E-state index contributed by atoms with van der Waals surface area (Å²) in [4.78, 5) is 30.1. The molecule has 226 valence electrons. The van der Waals surface area contributed by atoms with Gasteiger partial charge in [-0.2, -0.15) is 0 Å². The van der Waals surface area contributed by atoms with Crippen LogP contribution in [0.5, 0.6) is 0 Å². The number of carbonyl (C=O) groups excluding carboxylic acids is 2. The Bertz CT molecular complexity index is 1150. The third-order valence-corrected chi connectivity index (χ3v) is 7.70. The van der Waals surface area contributed by atoms with Gasteiger partial charge in [-0.25, -0.2) is 8.78 Å². The summed E-state index contributed by atoms with van der Waals surface area (Å²) in [6, 6.07) is 10.8. The number of halogens is 2. The third-order valence-electron chi connectivity index (χ3n) is 7.70. The highest BCUT2D eigenvalue weighted by atomic mass is 19.1. The molecule has 41 heavy (non-hydrogen) atoms. The Morgan fingerprint density at radius 2 is 1.71 bits per heavy atom. The van der Waals surface area contributed by atoms with Gasteiger partial charge >= 0.3 is 0 Å². The van der Waals surface area contributed by atoms with Crippen LogP contribution in [0.3, 0.4) is 0 Å². The van der Waals surface area contributed by atoms with Crippen molar-refractivity contribution in [1.82, 2.24) is 9.80 Å². The van der Waals surface area contributed by atoms with Gasteiger partial charge in [-0.15, -0.1) is 0 Å². The molecule has 10 heteroatoms. The lowest BCUT2D eigenvalue weighted by molar-refractivity contribution is -0.138. The minimum Gasteiger partial charge on any atom is -0.388 e. The number of rotatable bonds is 4. The van der Waals surface area contributed by atoms with Crippen LogP contribution >= 0.6 is 0 Å². The Kier molecular flexibility index (Phi) is 12.2. The second kappa shape index (κ2) is 15.3.